The fraction of sp³-hybridized carbons (Fsp3) is 0.583. The molecule has 2 rings (SSSR count). The minimum atomic E-state index is 0.810. The predicted molar refractivity (Wildman–Crippen MR) is 58.3 cm³/mol. The van der Waals surface area contributed by atoms with Crippen LogP contribution in [-0.4, -0.2) is 17.6 Å². The third-order valence-corrected chi connectivity index (χ3v) is 2.69. The Morgan fingerprint density at radius 1 is 1.43 bits per heavy atom. The number of pyridine rings is 1. The lowest BCUT2D eigenvalue weighted by Crippen LogP contribution is -2.19. The predicted octanol–water partition coefficient (Wildman–Crippen LogP) is 1.94. The van der Waals surface area contributed by atoms with Gasteiger partial charge in [-0.3, -0.25) is 4.98 Å². The number of aromatic nitrogens is 1. The van der Waals surface area contributed by atoms with Gasteiger partial charge in [-0.25, -0.2) is 0 Å². The lowest BCUT2D eigenvalue weighted by molar-refractivity contribution is 0.675. The smallest absolute Gasteiger partial charge is 0.0416 e. The highest BCUT2D eigenvalue weighted by Gasteiger charge is 2.19. The highest BCUT2D eigenvalue weighted by Crippen LogP contribution is 2.18. The molecule has 0 spiro atoms. The molecule has 0 saturated heterocycles. The van der Waals surface area contributed by atoms with Crippen molar-refractivity contribution in [1.29, 1.82) is 0 Å². The van der Waals surface area contributed by atoms with E-state index in [1.54, 1.807) is 0 Å². The van der Waals surface area contributed by atoms with Crippen LogP contribution in [0.1, 0.15) is 31.0 Å². The first-order valence-electron chi connectivity index (χ1n) is 5.55. The summed E-state index contributed by atoms with van der Waals surface area (Å²) in [5.41, 5.74) is 2.53. The molecule has 14 heavy (non-hydrogen) atoms. The van der Waals surface area contributed by atoms with Gasteiger partial charge in [0.15, 0.2) is 0 Å². The number of hydrogen-bond donors (Lipinski definition) is 1. The fourth-order valence-corrected chi connectivity index (χ4v) is 1.50. The molecule has 1 saturated carbocycles. The Hall–Kier alpha value is -0.890. The van der Waals surface area contributed by atoms with E-state index in [0.29, 0.717) is 0 Å². The summed E-state index contributed by atoms with van der Waals surface area (Å²) in [7, 11) is 0. The SMILES string of the molecule is CCc1ccc(CCNC2CC2)nc1. The highest BCUT2D eigenvalue weighted by atomic mass is 14.9. The highest BCUT2D eigenvalue weighted by molar-refractivity contribution is 5.14. The zero-order valence-corrected chi connectivity index (χ0v) is 8.79. The van der Waals surface area contributed by atoms with Gasteiger partial charge >= 0.3 is 0 Å². The molecule has 1 aliphatic rings. The Morgan fingerprint density at radius 2 is 2.29 bits per heavy atom. The second kappa shape index (κ2) is 4.56. The second-order valence-electron chi connectivity index (χ2n) is 3.99. The van der Waals surface area contributed by atoms with E-state index in [1.165, 1.54) is 24.1 Å². The summed E-state index contributed by atoms with van der Waals surface area (Å²) in [5.74, 6) is 0. The van der Waals surface area contributed by atoms with Gasteiger partial charge in [0, 0.05) is 30.9 Å². The maximum Gasteiger partial charge on any atom is 0.0416 e. The summed E-state index contributed by atoms with van der Waals surface area (Å²) in [5, 5.41) is 3.49. The van der Waals surface area contributed by atoms with Crippen molar-refractivity contribution in [3.63, 3.8) is 0 Å². The van der Waals surface area contributed by atoms with Crippen LogP contribution in [0.5, 0.6) is 0 Å². The normalized spacial score (nSPS) is 15.8. The van der Waals surface area contributed by atoms with Gasteiger partial charge in [0.25, 0.3) is 0 Å². The van der Waals surface area contributed by atoms with Crippen LogP contribution >= 0.6 is 0 Å². The molecule has 0 aromatic carbocycles. The van der Waals surface area contributed by atoms with E-state index in [2.05, 4.69) is 29.4 Å². The van der Waals surface area contributed by atoms with Crippen LogP contribution in [0.3, 0.4) is 0 Å². The Bertz CT molecular complexity index is 275. The van der Waals surface area contributed by atoms with E-state index < -0.39 is 0 Å². The summed E-state index contributed by atoms with van der Waals surface area (Å²) in [6.07, 6.45) is 6.85. The maximum atomic E-state index is 4.43. The molecule has 1 heterocycles. The molecule has 1 aromatic heterocycles. The van der Waals surface area contributed by atoms with Crippen LogP contribution in [0.15, 0.2) is 18.3 Å². The molecule has 0 bridgehead atoms. The first-order valence-corrected chi connectivity index (χ1v) is 5.55. The Kier molecular flexibility index (Phi) is 3.14. The molecule has 0 amide bonds. The van der Waals surface area contributed by atoms with Gasteiger partial charge < -0.3 is 5.32 Å². The Labute approximate surface area is 85.7 Å². The Morgan fingerprint density at radius 3 is 2.86 bits per heavy atom. The molecule has 0 aliphatic heterocycles. The molecule has 1 aromatic rings. The van der Waals surface area contributed by atoms with E-state index >= 15 is 0 Å². The van der Waals surface area contributed by atoms with Gasteiger partial charge in [-0.2, -0.15) is 0 Å². The van der Waals surface area contributed by atoms with Gasteiger partial charge in [-0.1, -0.05) is 13.0 Å². The largest absolute Gasteiger partial charge is 0.314 e. The lowest BCUT2D eigenvalue weighted by atomic mass is 10.2. The van der Waals surface area contributed by atoms with Crippen molar-refractivity contribution in [2.75, 3.05) is 6.54 Å². The molecule has 0 radical (unpaired) electrons. The minimum absolute atomic E-state index is 0.810. The van der Waals surface area contributed by atoms with Crippen molar-refractivity contribution in [2.24, 2.45) is 0 Å². The number of rotatable bonds is 5. The quantitative estimate of drug-likeness (QED) is 0.767. The van der Waals surface area contributed by atoms with Crippen molar-refractivity contribution in [2.45, 2.75) is 38.6 Å². The van der Waals surface area contributed by atoms with Crippen molar-refractivity contribution in [3.8, 4) is 0 Å². The van der Waals surface area contributed by atoms with Crippen LogP contribution in [0, 0.1) is 0 Å². The van der Waals surface area contributed by atoms with Crippen LogP contribution < -0.4 is 5.32 Å². The molecular weight excluding hydrogens is 172 g/mol. The third kappa shape index (κ3) is 2.81. The summed E-state index contributed by atoms with van der Waals surface area (Å²) >= 11 is 0. The maximum absolute atomic E-state index is 4.43. The molecule has 2 heteroatoms. The molecule has 1 N–H and O–H groups in total. The van der Waals surface area contributed by atoms with Crippen LogP contribution in [0.2, 0.25) is 0 Å². The van der Waals surface area contributed by atoms with Gasteiger partial charge in [0.2, 0.25) is 0 Å². The molecular formula is C12H18N2. The molecule has 1 fully saturated rings. The van der Waals surface area contributed by atoms with Crippen LogP contribution in [-0.2, 0) is 12.8 Å². The van der Waals surface area contributed by atoms with Gasteiger partial charge in [-0.15, -0.1) is 0 Å². The van der Waals surface area contributed by atoms with E-state index in [-0.39, 0.29) is 0 Å². The van der Waals surface area contributed by atoms with Crippen molar-refractivity contribution in [3.05, 3.63) is 29.6 Å². The summed E-state index contributed by atoms with van der Waals surface area (Å²) in [6.45, 7) is 3.23. The third-order valence-electron chi connectivity index (χ3n) is 2.69. The van der Waals surface area contributed by atoms with Crippen LogP contribution in [0.4, 0.5) is 0 Å². The molecule has 2 nitrogen and oxygen atoms in total. The topological polar surface area (TPSA) is 24.9 Å². The number of nitrogens with one attached hydrogen (secondary N) is 1. The van der Waals surface area contributed by atoms with Gasteiger partial charge in [-0.05, 0) is 30.9 Å². The first kappa shape index (κ1) is 9.66. The summed E-state index contributed by atoms with van der Waals surface area (Å²) in [4.78, 5) is 4.43. The standard InChI is InChI=1S/C12H18N2/c1-2-10-3-4-12(14-9-10)7-8-13-11-5-6-11/h3-4,9,11,13H,2,5-8H2,1H3. The van der Waals surface area contributed by atoms with Crippen molar-refractivity contribution >= 4 is 0 Å². The molecule has 1 aliphatic carbocycles. The minimum Gasteiger partial charge on any atom is -0.314 e. The van der Waals surface area contributed by atoms with Gasteiger partial charge in [0.1, 0.15) is 0 Å². The summed E-state index contributed by atoms with van der Waals surface area (Å²) < 4.78 is 0. The van der Waals surface area contributed by atoms with Gasteiger partial charge in [0.05, 0.1) is 0 Å². The number of nitrogens with zero attached hydrogens (tertiary/aromatic N) is 1. The summed E-state index contributed by atoms with van der Waals surface area (Å²) in [6, 6.07) is 5.14. The Balaban J connectivity index is 1.77. The van der Waals surface area contributed by atoms with Crippen molar-refractivity contribution < 1.29 is 0 Å². The number of aryl methyl sites for hydroxylation is 1. The molecule has 0 atom stereocenters. The van der Waals surface area contributed by atoms with E-state index in [9.17, 15) is 0 Å². The number of hydrogen-bond acceptors (Lipinski definition) is 2. The molecule has 76 valence electrons. The second-order valence-corrected chi connectivity index (χ2v) is 3.99. The van der Waals surface area contributed by atoms with E-state index in [0.717, 1.165) is 25.4 Å². The van der Waals surface area contributed by atoms with Crippen LogP contribution in [0.25, 0.3) is 0 Å². The molecule has 0 unspecified atom stereocenters. The zero-order valence-electron chi connectivity index (χ0n) is 8.79. The van der Waals surface area contributed by atoms with Crippen molar-refractivity contribution in [1.82, 2.24) is 10.3 Å². The monoisotopic (exact) mass is 190 g/mol. The zero-order chi connectivity index (χ0) is 9.80. The average Bonchev–Trinajstić information content (AvgIpc) is 3.03. The average molecular weight is 190 g/mol. The first-order chi connectivity index (χ1) is 6.88. The lowest BCUT2D eigenvalue weighted by Gasteiger charge is -2.03. The van der Waals surface area contributed by atoms with E-state index in [1.807, 2.05) is 6.20 Å². The van der Waals surface area contributed by atoms with E-state index in [4.69, 9.17) is 0 Å². The fourth-order valence-electron chi connectivity index (χ4n) is 1.50.